The number of ether oxygens (including phenoxy) is 1. The van der Waals surface area contributed by atoms with Crippen LogP contribution in [0.15, 0.2) is 93.7 Å². The van der Waals surface area contributed by atoms with Crippen LogP contribution in [-0.4, -0.2) is 27.4 Å². The van der Waals surface area contributed by atoms with E-state index in [1.165, 1.54) is 24.4 Å². The van der Waals surface area contributed by atoms with Crippen LogP contribution in [0.5, 0.6) is 5.75 Å². The van der Waals surface area contributed by atoms with Gasteiger partial charge < -0.3 is 9.15 Å². The zero-order valence-corrected chi connectivity index (χ0v) is 19.4. The fourth-order valence-corrected chi connectivity index (χ4v) is 3.98. The lowest BCUT2D eigenvalue weighted by Crippen LogP contribution is -2.20. The minimum atomic E-state index is -0.606. The highest BCUT2D eigenvalue weighted by Gasteiger charge is 2.21. The lowest BCUT2D eigenvalue weighted by molar-refractivity contribution is -0.385. The lowest BCUT2D eigenvalue weighted by atomic mass is 10.2. The molecule has 0 spiro atoms. The van der Waals surface area contributed by atoms with Gasteiger partial charge in [0.2, 0.25) is 11.6 Å². The smallest absolute Gasteiger partial charge is 0.313 e. The Bertz CT molecular complexity index is 1710. The van der Waals surface area contributed by atoms with Crippen LogP contribution in [-0.2, 0) is 0 Å². The van der Waals surface area contributed by atoms with Gasteiger partial charge in [-0.15, -0.1) is 0 Å². The van der Waals surface area contributed by atoms with Gasteiger partial charge in [-0.1, -0.05) is 54.6 Å². The maximum Gasteiger partial charge on any atom is 0.313 e. The summed E-state index contributed by atoms with van der Waals surface area (Å²) in [7, 11) is 0. The number of para-hydroxylation sites is 2. The standard InChI is InChI=1S/C26H17ClN4O5/c1-2-11-35-24-19(27)12-16(13-21(24)31(33)34)15-28-30-25(23-14-17-7-3-6-10-22(17)36-23)29-20-9-5-4-8-18(20)26(30)32/h2-10,12-15H,1,11H2. The number of nitrogens with zero attached hydrogens (tertiary/aromatic N) is 4. The van der Waals surface area contributed by atoms with E-state index < -0.39 is 10.5 Å². The van der Waals surface area contributed by atoms with Gasteiger partial charge in [0.25, 0.3) is 5.56 Å². The largest absolute Gasteiger partial charge is 0.482 e. The second-order valence-corrected chi connectivity index (χ2v) is 8.08. The van der Waals surface area contributed by atoms with Crippen LogP contribution < -0.4 is 10.3 Å². The molecule has 5 rings (SSSR count). The Balaban J connectivity index is 1.67. The molecule has 0 amide bonds. The average molecular weight is 501 g/mol. The number of nitro groups is 1. The molecule has 9 nitrogen and oxygen atoms in total. The van der Waals surface area contributed by atoms with Crippen molar-refractivity contribution in [2.45, 2.75) is 0 Å². The molecular formula is C26H17ClN4O5. The summed E-state index contributed by atoms with van der Waals surface area (Å²) in [6.45, 7) is 3.58. The third kappa shape index (κ3) is 4.23. The zero-order valence-electron chi connectivity index (χ0n) is 18.6. The van der Waals surface area contributed by atoms with Crippen molar-refractivity contribution >= 4 is 45.4 Å². The lowest BCUT2D eigenvalue weighted by Gasteiger charge is -2.09. The summed E-state index contributed by atoms with van der Waals surface area (Å²) in [6, 6.07) is 18.8. The Labute approximate surface area is 208 Å². The number of furan rings is 1. The molecular weight excluding hydrogens is 484 g/mol. The van der Waals surface area contributed by atoms with Gasteiger partial charge in [0, 0.05) is 17.0 Å². The van der Waals surface area contributed by atoms with Crippen molar-refractivity contribution in [2.75, 3.05) is 6.61 Å². The van der Waals surface area contributed by atoms with Gasteiger partial charge in [0.05, 0.1) is 27.1 Å². The number of hydrogen-bond donors (Lipinski definition) is 0. The summed E-state index contributed by atoms with van der Waals surface area (Å²) in [5, 5.41) is 17.1. The molecule has 0 fully saturated rings. The fraction of sp³-hybridized carbons (Fsp3) is 0.0385. The molecule has 0 unspecified atom stereocenters. The highest BCUT2D eigenvalue weighted by molar-refractivity contribution is 6.32. The van der Waals surface area contributed by atoms with Crippen LogP contribution >= 0.6 is 11.6 Å². The SMILES string of the molecule is C=CCOc1c(Cl)cc(C=Nn2c(-c3cc4ccccc4o3)nc3ccccc3c2=O)cc1[N+](=O)[O-]. The molecule has 0 aliphatic heterocycles. The Morgan fingerprint density at radius 2 is 1.94 bits per heavy atom. The number of hydrogen-bond acceptors (Lipinski definition) is 7. The van der Waals surface area contributed by atoms with Gasteiger partial charge in [0.1, 0.15) is 12.2 Å². The van der Waals surface area contributed by atoms with Crippen LogP contribution in [0, 0.1) is 10.1 Å². The Kier molecular flexibility index (Phi) is 6.05. The molecule has 36 heavy (non-hydrogen) atoms. The Hall–Kier alpha value is -4.76. The van der Waals surface area contributed by atoms with E-state index in [4.69, 9.17) is 20.8 Å². The third-order valence-electron chi connectivity index (χ3n) is 5.31. The first kappa shape index (κ1) is 23.0. The minimum Gasteiger partial charge on any atom is -0.482 e. The molecule has 0 N–H and O–H groups in total. The second kappa shape index (κ2) is 9.47. The molecule has 2 heterocycles. The summed E-state index contributed by atoms with van der Waals surface area (Å²) in [6.07, 6.45) is 2.74. The van der Waals surface area contributed by atoms with Gasteiger partial charge >= 0.3 is 5.69 Å². The van der Waals surface area contributed by atoms with Crippen molar-refractivity contribution in [3.63, 3.8) is 0 Å². The number of fused-ring (bicyclic) bond motifs is 2. The van der Waals surface area contributed by atoms with Crippen LogP contribution in [0.3, 0.4) is 0 Å². The summed E-state index contributed by atoms with van der Waals surface area (Å²) >= 11 is 6.26. The maximum absolute atomic E-state index is 13.4. The topological polar surface area (TPSA) is 113 Å². The Morgan fingerprint density at radius 1 is 1.17 bits per heavy atom. The molecule has 2 aromatic heterocycles. The predicted molar refractivity (Wildman–Crippen MR) is 138 cm³/mol. The summed E-state index contributed by atoms with van der Waals surface area (Å²) < 4.78 is 12.4. The molecule has 0 aliphatic carbocycles. The van der Waals surface area contributed by atoms with Crippen LogP contribution in [0.1, 0.15) is 5.56 Å². The van der Waals surface area contributed by atoms with E-state index in [9.17, 15) is 14.9 Å². The highest BCUT2D eigenvalue weighted by atomic mass is 35.5. The van der Waals surface area contributed by atoms with Crippen LogP contribution in [0.25, 0.3) is 33.5 Å². The number of aromatic nitrogens is 2. The third-order valence-corrected chi connectivity index (χ3v) is 5.59. The van der Waals surface area contributed by atoms with Crippen LogP contribution in [0.2, 0.25) is 5.02 Å². The molecule has 10 heteroatoms. The zero-order chi connectivity index (χ0) is 25.2. The van der Waals surface area contributed by atoms with E-state index in [1.807, 2.05) is 24.3 Å². The molecule has 5 aromatic rings. The van der Waals surface area contributed by atoms with E-state index in [1.54, 1.807) is 30.3 Å². The van der Waals surface area contributed by atoms with Crippen molar-refractivity contribution < 1.29 is 14.1 Å². The second-order valence-electron chi connectivity index (χ2n) is 7.67. The average Bonchev–Trinajstić information content (AvgIpc) is 3.31. The van der Waals surface area contributed by atoms with Crippen molar-refractivity contribution in [3.05, 3.63) is 110 Å². The first-order valence-electron chi connectivity index (χ1n) is 10.7. The highest BCUT2D eigenvalue weighted by Crippen LogP contribution is 2.36. The normalized spacial score (nSPS) is 11.4. The van der Waals surface area contributed by atoms with Crippen molar-refractivity contribution in [1.29, 1.82) is 0 Å². The van der Waals surface area contributed by atoms with Crippen molar-refractivity contribution in [1.82, 2.24) is 9.66 Å². The van der Waals surface area contributed by atoms with Gasteiger partial charge in [0.15, 0.2) is 5.76 Å². The fourth-order valence-electron chi connectivity index (χ4n) is 3.70. The predicted octanol–water partition coefficient (Wildman–Crippen LogP) is 5.82. The number of rotatable bonds is 7. The van der Waals surface area contributed by atoms with E-state index in [2.05, 4.69) is 16.7 Å². The molecule has 0 radical (unpaired) electrons. The Morgan fingerprint density at radius 3 is 2.72 bits per heavy atom. The summed E-state index contributed by atoms with van der Waals surface area (Å²) in [5.74, 6) is 0.442. The molecule has 0 aliphatic rings. The minimum absolute atomic E-state index is 0.0222. The monoisotopic (exact) mass is 500 g/mol. The first-order valence-corrected chi connectivity index (χ1v) is 11.1. The van der Waals surface area contributed by atoms with Gasteiger partial charge in [-0.25, -0.2) is 4.98 Å². The first-order chi connectivity index (χ1) is 17.5. The van der Waals surface area contributed by atoms with Gasteiger partial charge in [-0.05, 0) is 30.3 Å². The van der Waals surface area contributed by atoms with Crippen LogP contribution in [0.4, 0.5) is 5.69 Å². The van der Waals surface area contributed by atoms with Gasteiger partial charge in [-0.3, -0.25) is 14.9 Å². The summed E-state index contributed by atoms with van der Waals surface area (Å²) in [4.78, 5) is 29.0. The number of halogens is 1. The molecule has 178 valence electrons. The molecule has 3 aromatic carbocycles. The number of benzene rings is 3. The van der Waals surface area contributed by atoms with Gasteiger partial charge in [-0.2, -0.15) is 9.78 Å². The number of nitro benzene ring substituents is 1. The molecule has 0 saturated carbocycles. The van der Waals surface area contributed by atoms with E-state index >= 15 is 0 Å². The van der Waals surface area contributed by atoms with Crippen molar-refractivity contribution in [2.24, 2.45) is 5.10 Å². The van der Waals surface area contributed by atoms with E-state index in [-0.39, 0.29) is 34.5 Å². The van der Waals surface area contributed by atoms with E-state index in [0.29, 0.717) is 22.2 Å². The quantitative estimate of drug-likeness (QED) is 0.120. The van der Waals surface area contributed by atoms with E-state index in [0.717, 1.165) is 10.1 Å². The summed E-state index contributed by atoms with van der Waals surface area (Å²) in [5.41, 5.74) is 0.620. The molecule has 0 bridgehead atoms. The van der Waals surface area contributed by atoms with Crippen molar-refractivity contribution in [3.8, 4) is 17.3 Å². The molecule has 0 atom stereocenters. The molecule has 0 saturated heterocycles. The maximum atomic E-state index is 13.4.